The predicted octanol–water partition coefficient (Wildman–Crippen LogP) is 0.359. The molecule has 0 aromatic carbocycles. The Morgan fingerprint density at radius 2 is 1.89 bits per heavy atom. The molecule has 2 amide bonds. The molecule has 1 rings (SSSR count). The lowest BCUT2D eigenvalue weighted by atomic mass is 10.2. The number of likely N-dealkylation sites (N-methyl/N-ethyl adjacent to an activating group) is 1. The first-order valence-corrected chi connectivity index (χ1v) is 6.87. The molecule has 0 aliphatic heterocycles. The maximum atomic E-state index is 11.9. The van der Waals surface area contributed by atoms with Gasteiger partial charge in [0.15, 0.2) is 0 Å². The van der Waals surface area contributed by atoms with Crippen molar-refractivity contribution in [1.29, 1.82) is 0 Å². The number of hydrogen-bond acceptors (Lipinski definition) is 3. The van der Waals surface area contributed by atoms with Gasteiger partial charge in [0.1, 0.15) is 0 Å². The number of rotatable bonds is 8. The van der Waals surface area contributed by atoms with Crippen molar-refractivity contribution in [2.75, 3.05) is 26.2 Å². The fourth-order valence-corrected chi connectivity index (χ4v) is 1.78. The maximum absolute atomic E-state index is 11.9. The average Bonchev–Trinajstić information content (AvgIpc) is 3.18. The molecule has 2 N–H and O–H groups in total. The van der Waals surface area contributed by atoms with Crippen LogP contribution in [0.1, 0.15) is 33.6 Å². The third-order valence-electron chi connectivity index (χ3n) is 3.30. The van der Waals surface area contributed by atoms with E-state index in [0.717, 1.165) is 6.54 Å². The largest absolute Gasteiger partial charge is 0.355 e. The van der Waals surface area contributed by atoms with Crippen LogP contribution in [0.15, 0.2) is 0 Å². The Kier molecular flexibility index (Phi) is 6.12. The number of nitrogens with zero attached hydrogens (tertiary/aromatic N) is 1. The van der Waals surface area contributed by atoms with Crippen molar-refractivity contribution < 1.29 is 9.59 Å². The third kappa shape index (κ3) is 5.04. The molecule has 104 valence electrons. The van der Waals surface area contributed by atoms with Crippen LogP contribution in [0.3, 0.4) is 0 Å². The van der Waals surface area contributed by atoms with E-state index in [4.69, 9.17) is 0 Å². The zero-order valence-corrected chi connectivity index (χ0v) is 11.7. The van der Waals surface area contributed by atoms with Crippen LogP contribution in [0, 0.1) is 5.92 Å². The summed E-state index contributed by atoms with van der Waals surface area (Å²) in [6.07, 6.45) is 2.45. The van der Waals surface area contributed by atoms with Crippen molar-refractivity contribution in [3.63, 3.8) is 0 Å². The fourth-order valence-electron chi connectivity index (χ4n) is 1.78. The summed E-state index contributed by atoms with van der Waals surface area (Å²) in [5.74, 6) is 0.708. The molecule has 0 bridgehead atoms. The summed E-state index contributed by atoms with van der Waals surface area (Å²) in [4.78, 5) is 25.2. The minimum Gasteiger partial charge on any atom is -0.355 e. The highest BCUT2D eigenvalue weighted by Crippen LogP contribution is 2.27. The normalized spacial score (nSPS) is 16.2. The number of hydrogen-bond donors (Lipinski definition) is 2. The SMILES string of the molecule is CCN(CC)C(=O)C(C)NCC(=O)NCC1CC1. The van der Waals surface area contributed by atoms with Gasteiger partial charge in [0.2, 0.25) is 11.8 Å². The van der Waals surface area contributed by atoms with E-state index in [2.05, 4.69) is 10.6 Å². The zero-order valence-electron chi connectivity index (χ0n) is 11.7. The van der Waals surface area contributed by atoms with Crippen LogP contribution in [0.4, 0.5) is 0 Å². The molecule has 0 heterocycles. The molecule has 0 aromatic rings. The lowest BCUT2D eigenvalue weighted by Crippen LogP contribution is -2.47. The monoisotopic (exact) mass is 255 g/mol. The molecule has 0 aromatic heterocycles. The van der Waals surface area contributed by atoms with Crippen molar-refractivity contribution in [2.24, 2.45) is 5.92 Å². The van der Waals surface area contributed by atoms with E-state index in [1.807, 2.05) is 13.8 Å². The van der Waals surface area contributed by atoms with Crippen LogP contribution in [-0.2, 0) is 9.59 Å². The highest BCUT2D eigenvalue weighted by atomic mass is 16.2. The molecule has 1 atom stereocenters. The second-order valence-electron chi connectivity index (χ2n) is 4.86. The van der Waals surface area contributed by atoms with Gasteiger partial charge in [-0.3, -0.25) is 14.9 Å². The molecule has 5 nitrogen and oxygen atoms in total. The van der Waals surface area contributed by atoms with Crippen molar-refractivity contribution in [1.82, 2.24) is 15.5 Å². The Morgan fingerprint density at radius 3 is 2.39 bits per heavy atom. The van der Waals surface area contributed by atoms with Crippen LogP contribution in [0.5, 0.6) is 0 Å². The van der Waals surface area contributed by atoms with Crippen molar-refractivity contribution >= 4 is 11.8 Å². The van der Waals surface area contributed by atoms with Gasteiger partial charge < -0.3 is 10.2 Å². The van der Waals surface area contributed by atoms with Crippen molar-refractivity contribution in [2.45, 2.75) is 39.7 Å². The molecule has 0 radical (unpaired) electrons. The summed E-state index contributed by atoms with van der Waals surface area (Å²) in [5.41, 5.74) is 0. The maximum Gasteiger partial charge on any atom is 0.239 e. The summed E-state index contributed by atoms with van der Waals surface area (Å²) < 4.78 is 0. The van der Waals surface area contributed by atoms with Gasteiger partial charge in [0, 0.05) is 19.6 Å². The fraction of sp³-hybridized carbons (Fsp3) is 0.846. The molecule has 18 heavy (non-hydrogen) atoms. The van der Waals surface area contributed by atoms with Crippen LogP contribution in [0.25, 0.3) is 0 Å². The highest BCUT2D eigenvalue weighted by molar-refractivity contribution is 5.83. The zero-order chi connectivity index (χ0) is 13.5. The number of nitrogens with one attached hydrogen (secondary N) is 2. The van der Waals surface area contributed by atoms with Crippen LogP contribution >= 0.6 is 0 Å². The molecular weight excluding hydrogens is 230 g/mol. The van der Waals surface area contributed by atoms with E-state index >= 15 is 0 Å². The van der Waals surface area contributed by atoms with Gasteiger partial charge in [0.25, 0.3) is 0 Å². The molecule has 0 spiro atoms. The molecule has 5 heteroatoms. The Balaban J connectivity index is 2.19. The smallest absolute Gasteiger partial charge is 0.239 e. The molecular formula is C13H25N3O2. The number of carbonyl (C=O) groups is 2. The van der Waals surface area contributed by atoms with E-state index in [1.165, 1.54) is 12.8 Å². The first-order valence-electron chi connectivity index (χ1n) is 6.87. The van der Waals surface area contributed by atoms with Gasteiger partial charge in [-0.1, -0.05) is 0 Å². The van der Waals surface area contributed by atoms with E-state index in [9.17, 15) is 9.59 Å². The van der Waals surface area contributed by atoms with Gasteiger partial charge in [-0.2, -0.15) is 0 Å². The minimum absolute atomic E-state index is 0.0268. The summed E-state index contributed by atoms with van der Waals surface area (Å²) in [7, 11) is 0. The first kappa shape index (κ1) is 15.0. The van der Waals surface area contributed by atoms with E-state index in [-0.39, 0.29) is 24.4 Å². The molecule has 1 fully saturated rings. The number of amides is 2. The minimum atomic E-state index is -0.309. The van der Waals surface area contributed by atoms with Gasteiger partial charge in [0.05, 0.1) is 12.6 Å². The summed E-state index contributed by atoms with van der Waals surface area (Å²) in [6.45, 7) is 8.10. The Hall–Kier alpha value is -1.10. The first-order chi connectivity index (χ1) is 8.58. The third-order valence-corrected chi connectivity index (χ3v) is 3.30. The lowest BCUT2D eigenvalue weighted by Gasteiger charge is -2.23. The molecule has 1 unspecified atom stereocenters. The Labute approximate surface area is 109 Å². The van der Waals surface area contributed by atoms with E-state index < -0.39 is 0 Å². The molecule has 1 saturated carbocycles. The molecule has 1 aliphatic rings. The average molecular weight is 255 g/mol. The quantitative estimate of drug-likeness (QED) is 0.658. The van der Waals surface area contributed by atoms with Gasteiger partial charge in [-0.05, 0) is 39.5 Å². The second kappa shape index (κ2) is 7.36. The second-order valence-corrected chi connectivity index (χ2v) is 4.86. The van der Waals surface area contributed by atoms with Crippen molar-refractivity contribution in [3.8, 4) is 0 Å². The van der Waals surface area contributed by atoms with Gasteiger partial charge in [-0.25, -0.2) is 0 Å². The molecule has 1 aliphatic carbocycles. The van der Waals surface area contributed by atoms with Crippen LogP contribution in [0.2, 0.25) is 0 Å². The summed E-state index contributed by atoms with van der Waals surface area (Å²) in [6, 6.07) is -0.309. The highest BCUT2D eigenvalue weighted by Gasteiger charge is 2.22. The standard InChI is InChI=1S/C13H25N3O2/c1-4-16(5-2)13(18)10(3)14-9-12(17)15-8-11-6-7-11/h10-11,14H,4-9H2,1-3H3,(H,15,17). The molecule has 0 saturated heterocycles. The van der Waals surface area contributed by atoms with E-state index in [1.54, 1.807) is 11.8 Å². The van der Waals surface area contributed by atoms with Gasteiger partial charge in [-0.15, -0.1) is 0 Å². The summed E-state index contributed by atoms with van der Waals surface area (Å²) in [5, 5.41) is 5.84. The Bertz CT molecular complexity index is 286. The van der Waals surface area contributed by atoms with Crippen molar-refractivity contribution in [3.05, 3.63) is 0 Å². The Morgan fingerprint density at radius 1 is 1.28 bits per heavy atom. The predicted molar refractivity (Wildman–Crippen MR) is 71.1 cm³/mol. The topological polar surface area (TPSA) is 61.4 Å². The summed E-state index contributed by atoms with van der Waals surface area (Å²) >= 11 is 0. The number of carbonyl (C=O) groups excluding carboxylic acids is 2. The van der Waals surface area contributed by atoms with Gasteiger partial charge >= 0.3 is 0 Å². The lowest BCUT2D eigenvalue weighted by molar-refractivity contribution is -0.132. The van der Waals surface area contributed by atoms with Crippen LogP contribution < -0.4 is 10.6 Å². The van der Waals surface area contributed by atoms with Crippen LogP contribution in [-0.4, -0.2) is 48.9 Å². The van der Waals surface area contributed by atoms with E-state index in [0.29, 0.717) is 19.0 Å².